The zero-order chi connectivity index (χ0) is 16.7. The van der Waals surface area contributed by atoms with Gasteiger partial charge in [-0.3, -0.25) is 0 Å². The molecule has 0 unspecified atom stereocenters. The number of fused-ring (bicyclic) bond motifs is 1. The van der Waals surface area contributed by atoms with E-state index in [0.29, 0.717) is 0 Å². The van der Waals surface area contributed by atoms with Gasteiger partial charge in [-0.1, -0.05) is 64.7 Å². The van der Waals surface area contributed by atoms with Crippen LogP contribution in [0.5, 0.6) is 0 Å². The molecular formula is C19H28Br2S2. The van der Waals surface area contributed by atoms with Crippen LogP contribution in [-0.4, -0.2) is 0 Å². The average Bonchev–Trinajstić information content (AvgIpc) is 2.98. The zero-order valence-electron chi connectivity index (χ0n) is 14.4. The van der Waals surface area contributed by atoms with Crippen LogP contribution < -0.4 is 0 Å². The normalized spacial score (nSPS) is 11.7. The third-order valence-electron chi connectivity index (χ3n) is 4.52. The molecule has 0 amide bonds. The van der Waals surface area contributed by atoms with E-state index in [-0.39, 0.29) is 0 Å². The first-order chi connectivity index (χ1) is 11.1. The topological polar surface area (TPSA) is 0 Å². The maximum Gasteiger partial charge on any atom is 0.0751 e. The fourth-order valence-electron chi connectivity index (χ4n) is 3.04. The van der Waals surface area contributed by atoms with E-state index in [1.54, 1.807) is 5.56 Å². The van der Waals surface area contributed by atoms with Gasteiger partial charge in [0.05, 0.1) is 17.0 Å². The summed E-state index contributed by atoms with van der Waals surface area (Å²) < 4.78 is 5.62. The maximum absolute atomic E-state index is 3.78. The van der Waals surface area contributed by atoms with E-state index >= 15 is 0 Å². The molecular weight excluding hydrogens is 452 g/mol. The monoisotopic (exact) mass is 478 g/mol. The predicted octanol–water partition coefficient (Wildman–Crippen LogP) is 9.26. The highest BCUT2D eigenvalue weighted by Gasteiger charge is 2.16. The van der Waals surface area contributed by atoms with Crippen molar-refractivity contribution in [3.05, 3.63) is 18.7 Å². The maximum atomic E-state index is 3.78. The molecule has 4 heteroatoms. The van der Waals surface area contributed by atoms with Gasteiger partial charge in [0.25, 0.3) is 0 Å². The molecule has 0 fully saturated rings. The molecule has 2 heterocycles. The lowest BCUT2D eigenvalue weighted by molar-refractivity contribution is 0.556. The van der Waals surface area contributed by atoms with Gasteiger partial charge in [-0.15, -0.1) is 22.7 Å². The SMILES string of the molecule is CCCCCCCCCCCCc1c(Br)sc2c(C)c(Br)sc12. The van der Waals surface area contributed by atoms with Gasteiger partial charge in [0, 0.05) is 0 Å². The van der Waals surface area contributed by atoms with Crippen LogP contribution in [0.1, 0.15) is 82.3 Å². The quantitative estimate of drug-likeness (QED) is 0.281. The molecule has 0 radical (unpaired) electrons. The summed E-state index contributed by atoms with van der Waals surface area (Å²) in [5.74, 6) is 0. The van der Waals surface area contributed by atoms with Gasteiger partial charge in [-0.25, -0.2) is 0 Å². The molecule has 130 valence electrons. The second-order valence-corrected chi connectivity index (χ2v) is 11.1. The van der Waals surface area contributed by atoms with Crippen molar-refractivity contribution in [2.45, 2.75) is 84.5 Å². The summed E-state index contributed by atoms with van der Waals surface area (Å²) in [6.45, 7) is 4.51. The predicted molar refractivity (Wildman–Crippen MR) is 115 cm³/mol. The molecule has 2 aromatic heterocycles. The molecule has 23 heavy (non-hydrogen) atoms. The number of unbranched alkanes of at least 4 members (excludes halogenated alkanes) is 9. The molecule has 0 aromatic carbocycles. The lowest BCUT2D eigenvalue weighted by Gasteiger charge is -2.03. The Morgan fingerprint density at radius 2 is 1.22 bits per heavy atom. The lowest BCUT2D eigenvalue weighted by atomic mass is 10.0. The summed E-state index contributed by atoms with van der Waals surface area (Å²) in [5, 5.41) is 0. The fraction of sp³-hybridized carbons (Fsp3) is 0.684. The third kappa shape index (κ3) is 5.83. The van der Waals surface area contributed by atoms with E-state index in [2.05, 4.69) is 45.7 Å². The summed E-state index contributed by atoms with van der Waals surface area (Å²) in [5.41, 5.74) is 2.95. The Balaban J connectivity index is 1.65. The molecule has 0 N–H and O–H groups in total. The van der Waals surface area contributed by atoms with E-state index in [4.69, 9.17) is 0 Å². The van der Waals surface area contributed by atoms with Crippen molar-refractivity contribution in [2.24, 2.45) is 0 Å². The highest BCUT2D eigenvalue weighted by atomic mass is 79.9. The van der Waals surface area contributed by atoms with Gasteiger partial charge in [-0.2, -0.15) is 0 Å². The summed E-state index contributed by atoms with van der Waals surface area (Å²) in [6, 6.07) is 0. The van der Waals surface area contributed by atoms with Crippen molar-refractivity contribution in [3.63, 3.8) is 0 Å². The number of rotatable bonds is 11. The van der Waals surface area contributed by atoms with E-state index in [9.17, 15) is 0 Å². The van der Waals surface area contributed by atoms with Crippen molar-refractivity contribution in [1.29, 1.82) is 0 Å². The Morgan fingerprint density at radius 3 is 1.83 bits per heavy atom. The van der Waals surface area contributed by atoms with Crippen molar-refractivity contribution in [2.75, 3.05) is 0 Å². The van der Waals surface area contributed by atoms with Crippen LogP contribution in [0.15, 0.2) is 7.57 Å². The molecule has 2 aromatic rings. The first-order valence-electron chi connectivity index (χ1n) is 9.01. The molecule has 0 saturated heterocycles. The van der Waals surface area contributed by atoms with Crippen LogP contribution in [0, 0.1) is 6.92 Å². The fourth-order valence-corrected chi connectivity index (χ4v) is 7.23. The molecule has 2 rings (SSSR count). The summed E-state index contributed by atoms with van der Waals surface area (Å²) >= 11 is 11.3. The van der Waals surface area contributed by atoms with Crippen LogP contribution >= 0.6 is 54.5 Å². The molecule has 0 nitrogen and oxygen atoms in total. The smallest absolute Gasteiger partial charge is 0.0751 e. The van der Waals surface area contributed by atoms with Crippen molar-refractivity contribution in [3.8, 4) is 0 Å². The Labute approximate surface area is 166 Å². The van der Waals surface area contributed by atoms with Crippen molar-refractivity contribution < 1.29 is 0 Å². The zero-order valence-corrected chi connectivity index (χ0v) is 19.2. The Bertz CT molecular complexity index is 598. The molecule has 0 aliphatic carbocycles. The number of hydrogen-bond acceptors (Lipinski definition) is 2. The highest BCUT2D eigenvalue weighted by Crippen LogP contribution is 2.45. The van der Waals surface area contributed by atoms with Gasteiger partial charge in [0.15, 0.2) is 0 Å². The van der Waals surface area contributed by atoms with E-state index in [1.165, 1.54) is 93.2 Å². The van der Waals surface area contributed by atoms with Crippen LogP contribution in [0.25, 0.3) is 9.40 Å². The molecule has 0 aliphatic heterocycles. The second-order valence-electron chi connectivity index (χ2n) is 6.45. The van der Waals surface area contributed by atoms with Crippen molar-refractivity contribution >= 4 is 63.9 Å². The largest absolute Gasteiger partial charge is 0.127 e. The highest BCUT2D eigenvalue weighted by molar-refractivity contribution is 9.11. The molecule has 0 aliphatic rings. The van der Waals surface area contributed by atoms with Crippen LogP contribution in [0.4, 0.5) is 0 Å². The molecule has 0 atom stereocenters. The molecule has 0 bridgehead atoms. The van der Waals surface area contributed by atoms with E-state index < -0.39 is 0 Å². The second kappa shape index (κ2) is 10.6. The first kappa shape index (κ1) is 19.9. The van der Waals surface area contributed by atoms with Gasteiger partial charge in [0.2, 0.25) is 0 Å². The van der Waals surface area contributed by atoms with Gasteiger partial charge in [-0.05, 0) is 62.8 Å². The minimum Gasteiger partial charge on any atom is -0.127 e. The third-order valence-corrected chi connectivity index (χ3v) is 8.97. The van der Waals surface area contributed by atoms with Gasteiger partial charge < -0.3 is 0 Å². The minimum absolute atomic E-state index is 1.23. The Kier molecular flexibility index (Phi) is 9.17. The standard InChI is InChI=1S/C19H28Br2S2/c1-3-4-5-6-7-8-9-10-11-12-13-15-17-16(22-19(15)21)14(2)18(20)23-17/h3-13H2,1-2H3. The first-order valence-corrected chi connectivity index (χ1v) is 12.2. The number of halogens is 2. The van der Waals surface area contributed by atoms with Gasteiger partial charge in [0.1, 0.15) is 0 Å². The summed E-state index contributed by atoms with van der Waals surface area (Å²) in [7, 11) is 0. The average molecular weight is 480 g/mol. The lowest BCUT2D eigenvalue weighted by Crippen LogP contribution is -1.86. The molecule has 0 saturated carbocycles. The minimum atomic E-state index is 1.23. The number of aryl methyl sites for hydroxylation is 2. The van der Waals surface area contributed by atoms with E-state index in [1.807, 2.05) is 22.7 Å². The Hall–Kier alpha value is 0.620. The van der Waals surface area contributed by atoms with Crippen molar-refractivity contribution in [1.82, 2.24) is 0 Å². The van der Waals surface area contributed by atoms with Gasteiger partial charge >= 0.3 is 0 Å². The summed E-state index contributed by atoms with van der Waals surface area (Å²) in [6.07, 6.45) is 15.3. The van der Waals surface area contributed by atoms with Crippen LogP contribution in [0.2, 0.25) is 0 Å². The Morgan fingerprint density at radius 1 is 0.696 bits per heavy atom. The van der Waals surface area contributed by atoms with Crippen LogP contribution in [0.3, 0.4) is 0 Å². The summed E-state index contributed by atoms with van der Waals surface area (Å²) in [4.78, 5) is 0. The molecule has 0 spiro atoms. The number of hydrogen-bond donors (Lipinski definition) is 0. The number of thiophene rings is 2. The van der Waals surface area contributed by atoms with Crippen LogP contribution in [-0.2, 0) is 6.42 Å². The van der Waals surface area contributed by atoms with E-state index in [0.717, 1.165) is 0 Å².